The first-order valence-corrected chi connectivity index (χ1v) is 7.56. The second-order valence-electron chi connectivity index (χ2n) is 6.04. The predicted molar refractivity (Wildman–Crippen MR) is 84.8 cm³/mol. The van der Waals surface area contributed by atoms with Crippen molar-refractivity contribution in [1.29, 1.82) is 0 Å². The molecule has 21 heavy (non-hydrogen) atoms. The number of ether oxygens (including phenoxy) is 1. The van der Waals surface area contributed by atoms with E-state index >= 15 is 0 Å². The van der Waals surface area contributed by atoms with Gasteiger partial charge in [0.15, 0.2) is 0 Å². The van der Waals surface area contributed by atoms with Gasteiger partial charge in [0.05, 0.1) is 0 Å². The molecule has 2 nitrogen and oxygen atoms in total. The molecule has 1 N–H and O–H groups in total. The first-order chi connectivity index (χ1) is 10.1. The van der Waals surface area contributed by atoms with Crippen LogP contribution in [0.15, 0.2) is 36.4 Å². The van der Waals surface area contributed by atoms with E-state index in [1.807, 2.05) is 18.2 Å². The van der Waals surface area contributed by atoms with Crippen LogP contribution in [0.1, 0.15) is 40.3 Å². The minimum atomic E-state index is -0.546. The van der Waals surface area contributed by atoms with Crippen molar-refractivity contribution in [3.05, 3.63) is 64.2 Å². The molecular weight excluding hydrogens is 260 g/mol. The van der Waals surface area contributed by atoms with Gasteiger partial charge < -0.3 is 9.84 Å². The molecular formula is C19H22O2. The molecule has 110 valence electrons. The first-order valence-electron chi connectivity index (χ1n) is 7.56. The zero-order valence-corrected chi connectivity index (χ0v) is 12.9. The lowest BCUT2D eigenvalue weighted by Crippen LogP contribution is -2.30. The van der Waals surface area contributed by atoms with Crippen LogP contribution in [0.2, 0.25) is 0 Å². The van der Waals surface area contributed by atoms with Crippen LogP contribution in [-0.4, -0.2) is 11.2 Å². The Morgan fingerprint density at radius 3 is 2.67 bits per heavy atom. The average Bonchev–Trinajstić information content (AvgIpc) is 2.47. The summed E-state index contributed by atoms with van der Waals surface area (Å²) in [5.41, 5.74) is 5.83. The molecule has 0 amide bonds. The van der Waals surface area contributed by atoms with Crippen LogP contribution in [0.25, 0.3) is 0 Å². The molecule has 0 spiro atoms. The highest BCUT2D eigenvalue weighted by atomic mass is 16.5. The molecule has 2 heteroatoms. The Morgan fingerprint density at radius 2 is 1.86 bits per heavy atom. The smallest absolute Gasteiger partial charge is 0.129 e. The van der Waals surface area contributed by atoms with E-state index < -0.39 is 6.10 Å². The molecule has 0 heterocycles. The van der Waals surface area contributed by atoms with Crippen molar-refractivity contribution in [2.24, 2.45) is 0 Å². The van der Waals surface area contributed by atoms with Crippen molar-refractivity contribution in [3.63, 3.8) is 0 Å². The minimum Gasteiger partial charge on any atom is -0.487 e. The van der Waals surface area contributed by atoms with E-state index in [0.717, 1.165) is 29.7 Å². The number of hydrogen-bond donors (Lipinski definition) is 1. The Bertz CT molecular complexity index is 661. The fraction of sp³-hybridized carbons (Fsp3) is 0.368. The van der Waals surface area contributed by atoms with Crippen molar-refractivity contribution in [3.8, 4) is 5.75 Å². The van der Waals surface area contributed by atoms with Gasteiger partial charge in [-0.25, -0.2) is 0 Å². The van der Waals surface area contributed by atoms with Gasteiger partial charge in [-0.3, -0.25) is 0 Å². The van der Waals surface area contributed by atoms with Gasteiger partial charge in [0.2, 0.25) is 0 Å². The minimum absolute atomic E-state index is 0.167. The highest BCUT2D eigenvalue weighted by Gasteiger charge is 2.29. The molecule has 2 aromatic rings. The number of fused-ring (bicyclic) bond motifs is 1. The normalized spacial score (nSPS) is 21.0. The van der Waals surface area contributed by atoms with Crippen LogP contribution in [0.5, 0.6) is 5.75 Å². The zero-order valence-electron chi connectivity index (χ0n) is 12.9. The van der Waals surface area contributed by atoms with Crippen LogP contribution in [0.3, 0.4) is 0 Å². The van der Waals surface area contributed by atoms with Gasteiger partial charge in [-0.05, 0) is 67.5 Å². The topological polar surface area (TPSA) is 29.5 Å². The molecule has 1 aliphatic carbocycles. The first kappa shape index (κ1) is 14.2. The Morgan fingerprint density at radius 1 is 1.10 bits per heavy atom. The summed E-state index contributed by atoms with van der Waals surface area (Å²) in [5.74, 6) is 0.899. The van der Waals surface area contributed by atoms with Gasteiger partial charge in [0, 0.05) is 0 Å². The summed E-state index contributed by atoms with van der Waals surface area (Å²) < 4.78 is 6.17. The molecule has 0 saturated heterocycles. The fourth-order valence-corrected chi connectivity index (χ4v) is 3.12. The SMILES string of the molecule is Cc1cc(C)c(C)c(OC2CCc3ccccc3C2O)c1. The summed E-state index contributed by atoms with van der Waals surface area (Å²) in [4.78, 5) is 0. The standard InChI is InChI=1S/C19H22O2/c1-12-10-13(2)14(3)18(11-12)21-17-9-8-15-6-4-5-7-16(15)19(17)20/h4-7,10-11,17,19-20H,8-9H2,1-3H3. The number of benzene rings is 2. The van der Waals surface area contributed by atoms with E-state index in [2.05, 4.69) is 39.0 Å². The third-order valence-electron chi connectivity index (χ3n) is 4.47. The third-order valence-corrected chi connectivity index (χ3v) is 4.47. The summed E-state index contributed by atoms with van der Waals surface area (Å²) in [5, 5.41) is 10.6. The number of rotatable bonds is 2. The van der Waals surface area contributed by atoms with Crippen molar-refractivity contribution >= 4 is 0 Å². The maximum atomic E-state index is 10.6. The average molecular weight is 282 g/mol. The highest BCUT2D eigenvalue weighted by molar-refractivity contribution is 5.42. The maximum absolute atomic E-state index is 10.6. The second kappa shape index (κ2) is 5.53. The molecule has 2 atom stereocenters. The lowest BCUT2D eigenvalue weighted by atomic mass is 9.87. The summed E-state index contributed by atoms with van der Waals surface area (Å²) in [6.07, 6.45) is 1.10. The number of aryl methyl sites for hydroxylation is 3. The fourth-order valence-electron chi connectivity index (χ4n) is 3.12. The molecule has 0 fully saturated rings. The van der Waals surface area contributed by atoms with Gasteiger partial charge in [-0.2, -0.15) is 0 Å². The van der Waals surface area contributed by atoms with Gasteiger partial charge in [0.1, 0.15) is 18.0 Å². The lowest BCUT2D eigenvalue weighted by molar-refractivity contribution is 0.0226. The molecule has 0 bridgehead atoms. The van der Waals surface area contributed by atoms with Crippen LogP contribution >= 0.6 is 0 Å². The summed E-state index contributed by atoms with van der Waals surface area (Å²) >= 11 is 0. The molecule has 2 aromatic carbocycles. The Hall–Kier alpha value is -1.80. The van der Waals surface area contributed by atoms with Gasteiger partial charge in [0.25, 0.3) is 0 Å². The zero-order chi connectivity index (χ0) is 15.0. The van der Waals surface area contributed by atoms with E-state index in [9.17, 15) is 5.11 Å². The van der Waals surface area contributed by atoms with Gasteiger partial charge >= 0.3 is 0 Å². The maximum Gasteiger partial charge on any atom is 0.129 e. The molecule has 0 aliphatic heterocycles. The summed E-state index contributed by atoms with van der Waals surface area (Å²) in [6.45, 7) is 6.25. The van der Waals surface area contributed by atoms with Crippen molar-refractivity contribution in [1.82, 2.24) is 0 Å². The van der Waals surface area contributed by atoms with E-state index in [-0.39, 0.29) is 6.10 Å². The van der Waals surface area contributed by atoms with Crippen molar-refractivity contribution in [2.45, 2.75) is 45.8 Å². The van der Waals surface area contributed by atoms with Crippen LogP contribution < -0.4 is 4.74 Å². The van der Waals surface area contributed by atoms with Crippen LogP contribution in [0, 0.1) is 20.8 Å². The number of aliphatic hydroxyl groups is 1. The molecule has 0 saturated carbocycles. The van der Waals surface area contributed by atoms with E-state index in [0.29, 0.717) is 0 Å². The summed E-state index contributed by atoms with van der Waals surface area (Å²) in [6, 6.07) is 12.3. The highest BCUT2D eigenvalue weighted by Crippen LogP contribution is 2.34. The van der Waals surface area contributed by atoms with E-state index in [4.69, 9.17) is 4.74 Å². The van der Waals surface area contributed by atoms with Crippen molar-refractivity contribution < 1.29 is 9.84 Å². The second-order valence-corrected chi connectivity index (χ2v) is 6.04. The summed E-state index contributed by atoms with van der Waals surface area (Å²) in [7, 11) is 0. The monoisotopic (exact) mass is 282 g/mol. The molecule has 1 aliphatic rings. The molecule has 3 rings (SSSR count). The van der Waals surface area contributed by atoms with Gasteiger partial charge in [-0.1, -0.05) is 30.3 Å². The van der Waals surface area contributed by atoms with E-state index in [1.54, 1.807) is 0 Å². The largest absolute Gasteiger partial charge is 0.487 e. The molecule has 0 radical (unpaired) electrons. The third kappa shape index (κ3) is 2.68. The molecule has 0 aromatic heterocycles. The van der Waals surface area contributed by atoms with Crippen LogP contribution in [-0.2, 0) is 6.42 Å². The Kier molecular flexibility index (Phi) is 3.73. The quantitative estimate of drug-likeness (QED) is 0.900. The van der Waals surface area contributed by atoms with Crippen molar-refractivity contribution in [2.75, 3.05) is 0 Å². The number of hydrogen-bond acceptors (Lipinski definition) is 2. The van der Waals surface area contributed by atoms with Crippen LogP contribution in [0.4, 0.5) is 0 Å². The van der Waals surface area contributed by atoms with Gasteiger partial charge in [-0.15, -0.1) is 0 Å². The number of aliphatic hydroxyl groups excluding tert-OH is 1. The van der Waals surface area contributed by atoms with E-state index in [1.165, 1.54) is 16.7 Å². The predicted octanol–water partition coefficient (Wildman–Crippen LogP) is 4.04. The molecule has 2 unspecified atom stereocenters. The Labute approximate surface area is 126 Å². The Balaban J connectivity index is 1.87. The lowest BCUT2D eigenvalue weighted by Gasteiger charge is -2.31.